The quantitative estimate of drug-likeness (QED) is 0.228. The van der Waals surface area contributed by atoms with E-state index in [0.29, 0.717) is 23.4 Å². The normalized spacial score (nSPS) is 12.3. The van der Waals surface area contributed by atoms with Gasteiger partial charge in [0.15, 0.2) is 0 Å². The highest BCUT2D eigenvalue weighted by Crippen LogP contribution is 2.25. The summed E-state index contributed by atoms with van der Waals surface area (Å²) in [6.07, 6.45) is 5.15. The summed E-state index contributed by atoms with van der Waals surface area (Å²) in [7, 11) is 1.90. The van der Waals surface area contributed by atoms with Gasteiger partial charge < -0.3 is 16.0 Å². The van der Waals surface area contributed by atoms with E-state index in [1.165, 1.54) is 11.3 Å². The zero-order chi connectivity index (χ0) is 24.1. The molecule has 0 aliphatic rings. The number of benzene rings is 2. The first-order chi connectivity index (χ1) is 16.4. The van der Waals surface area contributed by atoms with Crippen LogP contribution in [-0.4, -0.2) is 34.9 Å². The smallest absolute Gasteiger partial charge is 0.266 e. The van der Waals surface area contributed by atoms with E-state index in [9.17, 15) is 4.79 Å². The first kappa shape index (κ1) is 23.6. The molecule has 4 rings (SSSR count). The molecule has 1 unspecified atom stereocenters. The van der Waals surface area contributed by atoms with E-state index in [1.54, 1.807) is 0 Å². The fourth-order valence-corrected chi connectivity index (χ4v) is 4.64. The second kappa shape index (κ2) is 10.6. The maximum absolute atomic E-state index is 13.0. The Labute approximate surface area is 203 Å². The summed E-state index contributed by atoms with van der Waals surface area (Å²) < 4.78 is 0. The second-order valence-electron chi connectivity index (χ2n) is 8.47. The highest BCUT2D eigenvalue weighted by molar-refractivity contribution is 7.12. The highest BCUT2D eigenvalue weighted by Gasteiger charge is 2.14. The van der Waals surface area contributed by atoms with Crippen LogP contribution in [0.25, 0.3) is 23.1 Å². The van der Waals surface area contributed by atoms with Crippen molar-refractivity contribution in [1.82, 2.24) is 15.5 Å². The summed E-state index contributed by atoms with van der Waals surface area (Å²) in [5.41, 5.74) is 6.03. The molecule has 0 spiro atoms. The number of nitrogens with one attached hydrogen (secondary N) is 4. The molecule has 2 aromatic heterocycles. The number of hydrogen-bond donors (Lipinski definition) is 4. The summed E-state index contributed by atoms with van der Waals surface area (Å²) in [4.78, 5) is 13.7. The number of fused-ring (bicyclic) bond motifs is 1. The SMILES string of the molecule is CNC(C)CC(=N)Cc1ccc(/C=C/c2n[nH]c3ccccc23)c(NC(=O)c2sccc2C)c1. The lowest BCUT2D eigenvalue weighted by Gasteiger charge is -2.13. The Hall–Kier alpha value is -3.55. The Morgan fingerprint density at radius 2 is 2.03 bits per heavy atom. The largest absolute Gasteiger partial charge is 0.321 e. The van der Waals surface area contributed by atoms with Gasteiger partial charge in [-0.15, -0.1) is 11.3 Å². The van der Waals surface area contributed by atoms with Crippen LogP contribution in [-0.2, 0) is 6.42 Å². The molecule has 2 aromatic carbocycles. The average Bonchev–Trinajstić information content (AvgIpc) is 3.44. The lowest BCUT2D eigenvalue weighted by Crippen LogP contribution is -2.24. The fourth-order valence-electron chi connectivity index (χ4n) is 3.82. The van der Waals surface area contributed by atoms with Crippen molar-refractivity contribution in [3.05, 3.63) is 81.2 Å². The molecule has 4 N–H and O–H groups in total. The molecule has 0 bridgehead atoms. The first-order valence-electron chi connectivity index (χ1n) is 11.3. The van der Waals surface area contributed by atoms with E-state index < -0.39 is 0 Å². The minimum Gasteiger partial charge on any atom is -0.321 e. The van der Waals surface area contributed by atoms with E-state index in [4.69, 9.17) is 5.41 Å². The minimum atomic E-state index is -0.122. The topological polar surface area (TPSA) is 93.7 Å². The number of para-hydroxylation sites is 1. The number of aromatic amines is 1. The van der Waals surface area contributed by atoms with Crippen molar-refractivity contribution >= 4 is 51.7 Å². The Kier molecular flexibility index (Phi) is 7.35. The monoisotopic (exact) mass is 471 g/mol. The molecule has 0 aliphatic carbocycles. The molecule has 0 radical (unpaired) electrons. The molecule has 6 nitrogen and oxygen atoms in total. The molecule has 7 heteroatoms. The van der Waals surface area contributed by atoms with Gasteiger partial charge in [0, 0.05) is 35.7 Å². The molecule has 4 aromatic rings. The van der Waals surface area contributed by atoms with Gasteiger partial charge >= 0.3 is 0 Å². The van der Waals surface area contributed by atoms with Crippen LogP contribution in [0.5, 0.6) is 0 Å². The van der Waals surface area contributed by atoms with E-state index in [0.717, 1.165) is 39.0 Å². The summed E-state index contributed by atoms with van der Waals surface area (Å²) in [5, 5.41) is 25.1. The van der Waals surface area contributed by atoms with Gasteiger partial charge in [-0.1, -0.05) is 36.4 Å². The fraction of sp³-hybridized carbons (Fsp3) is 0.222. The Balaban J connectivity index is 1.63. The molecule has 0 saturated carbocycles. The van der Waals surface area contributed by atoms with Crippen molar-refractivity contribution in [2.75, 3.05) is 12.4 Å². The number of carbonyl (C=O) groups excluding carboxylic acids is 1. The number of hydrogen-bond acceptors (Lipinski definition) is 5. The molecular formula is C27H29N5OS. The maximum Gasteiger partial charge on any atom is 0.266 e. The molecule has 34 heavy (non-hydrogen) atoms. The predicted molar refractivity (Wildman–Crippen MR) is 143 cm³/mol. The molecule has 0 saturated heterocycles. The third-order valence-electron chi connectivity index (χ3n) is 5.82. The average molecular weight is 472 g/mol. The van der Waals surface area contributed by atoms with Gasteiger partial charge in [-0.25, -0.2) is 0 Å². The van der Waals surface area contributed by atoms with E-state index in [2.05, 4.69) is 27.8 Å². The van der Waals surface area contributed by atoms with Crippen LogP contribution in [0.2, 0.25) is 0 Å². The number of nitrogens with zero attached hydrogens (tertiary/aromatic N) is 1. The van der Waals surface area contributed by atoms with E-state index >= 15 is 0 Å². The van der Waals surface area contributed by atoms with Crippen LogP contribution in [0.4, 0.5) is 5.69 Å². The number of aryl methyl sites for hydroxylation is 1. The molecule has 1 amide bonds. The Morgan fingerprint density at radius 1 is 1.21 bits per heavy atom. The number of amides is 1. The van der Waals surface area contributed by atoms with Crippen LogP contribution < -0.4 is 10.6 Å². The summed E-state index contributed by atoms with van der Waals surface area (Å²) in [5.74, 6) is -0.122. The predicted octanol–water partition coefficient (Wildman–Crippen LogP) is 5.92. The van der Waals surface area contributed by atoms with Crippen LogP contribution in [0.1, 0.15) is 45.4 Å². The van der Waals surface area contributed by atoms with E-state index in [-0.39, 0.29) is 11.9 Å². The standard InChI is InChI=1S/C27H29N5OS/c1-17-12-13-34-26(17)27(33)30-25-16-19(15-21(28)14-18(2)29-3)8-9-20(25)10-11-24-22-6-4-5-7-23(22)31-32-24/h4-13,16,18,28-29H,14-15H2,1-3H3,(H,30,33)(H,31,32)/b11-10+,28-21?. The van der Waals surface area contributed by atoms with Gasteiger partial charge in [0.25, 0.3) is 5.91 Å². The number of aromatic nitrogens is 2. The highest BCUT2D eigenvalue weighted by atomic mass is 32.1. The first-order valence-corrected chi connectivity index (χ1v) is 12.2. The third kappa shape index (κ3) is 5.50. The molecule has 0 aliphatic heterocycles. The lowest BCUT2D eigenvalue weighted by molar-refractivity contribution is 0.103. The zero-order valence-corrected chi connectivity index (χ0v) is 20.4. The van der Waals surface area contributed by atoms with Gasteiger partial charge in [-0.05, 0) is 67.2 Å². The van der Waals surface area contributed by atoms with Gasteiger partial charge in [0.05, 0.1) is 16.1 Å². The molecular weight excluding hydrogens is 442 g/mol. The van der Waals surface area contributed by atoms with Crippen molar-refractivity contribution in [1.29, 1.82) is 5.41 Å². The number of thiophene rings is 1. The molecule has 1 atom stereocenters. The summed E-state index contributed by atoms with van der Waals surface area (Å²) in [6.45, 7) is 4.01. The van der Waals surface area contributed by atoms with Gasteiger partial charge in [0.1, 0.15) is 0 Å². The maximum atomic E-state index is 13.0. The molecule has 0 fully saturated rings. The Morgan fingerprint density at radius 3 is 2.79 bits per heavy atom. The van der Waals surface area contributed by atoms with Crippen molar-refractivity contribution in [3.63, 3.8) is 0 Å². The van der Waals surface area contributed by atoms with Crippen LogP contribution in [0, 0.1) is 12.3 Å². The number of carbonyl (C=O) groups is 1. The van der Waals surface area contributed by atoms with Crippen molar-refractivity contribution in [2.45, 2.75) is 32.7 Å². The van der Waals surface area contributed by atoms with Crippen molar-refractivity contribution < 1.29 is 4.79 Å². The number of anilines is 1. The van der Waals surface area contributed by atoms with E-state index in [1.807, 2.05) is 80.0 Å². The molecule has 2 heterocycles. The van der Waals surface area contributed by atoms with Crippen LogP contribution in [0.15, 0.2) is 53.9 Å². The second-order valence-corrected chi connectivity index (χ2v) is 9.39. The lowest BCUT2D eigenvalue weighted by atomic mass is 10.0. The number of H-pyrrole nitrogens is 1. The summed E-state index contributed by atoms with van der Waals surface area (Å²) in [6, 6.07) is 16.2. The molecule has 174 valence electrons. The van der Waals surface area contributed by atoms with Crippen LogP contribution >= 0.6 is 11.3 Å². The minimum absolute atomic E-state index is 0.122. The van der Waals surface area contributed by atoms with Gasteiger partial charge in [-0.2, -0.15) is 5.10 Å². The van der Waals surface area contributed by atoms with Crippen LogP contribution in [0.3, 0.4) is 0 Å². The van der Waals surface area contributed by atoms with Crippen molar-refractivity contribution in [2.24, 2.45) is 0 Å². The third-order valence-corrected chi connectivity index (χ3v) is 6.83. The Bertz CT molecular complexity index is 1350. The number of rotatable bonds is 9. The van der Waals surface area contributed by atoms with Gasteiger partial charge in [0.2, 0.25) is 0 Å². The van der Waals surface area contributed by atoms with Gasteiger partial charge in [-0.3, -0.25) is 9.89 Å². The van der Waals surface area contributed by atoms with Crippen molar-refractivity contribution in [3.8, 4) is 0 Å². The summed E-state index contributed by atoms with van der Waals surface area (Å²) >= 11 is 1.43. The zero-order valence-electron chi connectivity index (χ0n) is 19.6.